The molecule has 1 heterocycles. The van der Waals surface area contributed by atoms with Gasteiger partial charge in [-0.1, -0.05) is 29.8 Å². The summed E-state index contributed by atoms with van der Waals surface area (Å²) in [5.74, 6) is -1.37. The van der Waals surface area contributed by atoms with Crippen LogP contribution in [0.3, 0.4) is 0 Å². The predicted molar refractivity (Wildman–Crippen MR) is 92.2 cm³/mol. The summed E-state index contributed by atoms with van der Waals surface area (Å²) in [6, 6.07) is 4.47. The lowest BCUT2D eigenvalue weighted by Crippen LogP contribution is -2.42. The quantitative estimate of drug-likeness (QED) is 0.630. The summed E-state index contributed by atoms with van der Waals surface area (Å²) in [4.78, 5) is 48.1. The van der Waals surface area contributed by atoms with E-state index in [1.807, 2.05) is 0 Å². The van der Waals surface area contributed by atoms with Gasteiger partial charge in [-0.3, -0.25) is 14.5 Å². The van der Waals surface area contributed by atoms with Gasteiger partial charge in [-0.05, 0) is 18.6 Å². The molecule has 140 valence electrons. The molecule has 2 atom stereocenters. The molecule has 26 heavy (non-hydrogen) atoms. The second kappa shape index (κ2) is 8.52. The van der Waals surface area contributed by atoms with Crippen molar-refractivity contribution in [1.82, 2.24) is 15.5 Å². The Morgan fingerprint density at radius 3 is 2.65 bits per heavy atom. The lowest BCUT2D eigenvalue weighted by molar-refractivity contribution is -0.157. The molecule has 0 saturated carbocycles. The average Bonchev–Trinajstić information content (AvgIpc) is 2.99. The number of primary amides is 1. The summed E-state index contributed by atoms with van der Waals surface area (Å²) >= 11 is 6.09. The molecule has 10 heteroatoms. The Bertz CT molecular complexity index is 726. The monoisotopic (exact) mass is 382 g/mol. The molecule has 1 saturated heterocycles. The van der Waals surface area contributed by atoms with Crippen LogP contribution in [0.2, 0.25) is 5.02 Å². The summed E-state index contributed by atoms with van der Waals surface area (Å²) in [6.07, 6.45) is -1.43. The normalized spacial score (nSPS) is 15.8. The average molecular weight is 383 g/mol. The van der Waals surface area contributed by atoms with Crippen molar-refractivity contribution in [2.75, 3.05) is 13.1 Å². The van der Waals surface area contributed by atoms with Crippen LogP contribution in [-0.4, -0.2) is 48.0 Å². The number of amides is 5. The van der Waals surface area contributed by atoms with Gasteiger partial charge in [0.25, 0.3) is 5.91 Å². The zero-order chi connectivity index (χ0) is 19.3. The Morgan fingerprint density at radius 2 is 2.08 bits per heavy atom. The molecular formula is C16H19ClN4O5. The summed E-state index contributed by atoms with van der Waals surface area (Å²) in [7, 11) is 0. The summed E-state index contributed by atoms with van der Waals surface area (Å²) in [6.45, 7) is 1.94. The van der Waals surface area contributed by atoms with Crippen LogP contribution in [0.25, 0.3) is 0 Å². The number of rotatable bonds is 6. The van der Waals surface area contributed by atoms with Crippen molar-refractivity contribution in [3.05, 3.63) is 34.9 Å². The molecule has 2 rings (SSSR count). The first-order chi connectivity index (χ1) is 12.3. The number of imide groups is 1. The van der Waals surface area contributed by atoms with E-state index in [0.29, 0.717) is 17.1 Å². The van der Waals surface area contributed by atoms with Crippen LogP contribution in [0.4, 0.5) is 9.59 Å². The number of hydrogen-bond acceptors (Lipinski definition) is 5. The second-order valence-corrected chi connectivity index (χ2v) is 6.05. The molecule has 1 fully saturated rings. The predicted octanol–water partition coefficient (Wildman–Crippen LogP) is 0.923. The van der Waals surface area contributed by atoms with E-state index in [9.17, 15) is 19.2 Å². The number of benzene rings is 1. The van der Waals surface area contributed by atoms with Crippen LogP contribution in [-0.2, 0) is 14.3 Å². The van der Waals surface area contributed by atoms with E-state index in [-0.39, 0.29) is 13.0 Å². The number of ether oxygens (including phenoxy) is 1. The van der Waals surface area contributed by atoms with E-state index in [1.54, 1.807) is 24.3 Å². The Hall–Kier alpha value is -2.81. The zero-order valence-electron chi connectivity index (χ0n) is 14.0. The van der Waals surface area contributed by atoms with Gasteiger partial charge in [0.2, 0.25) is 0 Å². The van der Waals surface area contributed by atoms with Gasteiger partial charge in [0.05, 0.1) is 12.5 Å². The van der Waals surface area contributed by atoms with Crippen LogP contribution in [0.1, 0.15) is 24.9 Å². The largest absolute Gasteiger partial charge is 0.452 e. The van der Waals surface area contributed by atoms with Crippen LogP contribution >= 0.6 is 11.6 Å². The molecule has 1 aromatic rings. The third-order valence-corrected chi connectivity index (χ3v) is 4.09. The van der Waals surface area contributed by atoms with Gasteiger partial charge in [-0.15, -0.1) is 0 Å². The first-order valence-electron chi connectivity index (χ1n) is 7.88. The molecule has 0 radical (unpaired) electrons. The van der Waals surface area contributed by atoms with Crippen molar-refractivity contribution < 1.29 is 23.9 Å². The van der Waals surface area contributed by atoms with Crippen molar-refractivity contribution in [1.29, 1.82) is 0 Å². The van der Waals surface area contributed by atoms with Crippen molar-refractivity contribution in [3.8, 4) is 0 Å². The minimum absolute atomic E-state index is 0.213. The van der Waals surface area contributed by atoms with E-state index in [1.165, 1.54) is 6.92 Å². The minimum Gasteiger partial charge on any atom is -0.452 e. The van der Waals surface area contributed by atoms with Crippen LogP contribution in [0, 0.1) is 0 Å². The lowest BCUT2D eigenvalue weighted by Gasteiger charge is -2.21. The number of nitrogens with two attached hydrogens (primary N) is 1. The molecule has 1 aliphatic heterocycles. The molecule has 5 amide bonds. The first-order valence-corrected chi connectivity index (χ1v) is 8.26. The highest BCUT2D eigenvalue weighted by molar-refractivity contribution is 6.31. The summed E-state index contributed by atoms with van der Waals surface area (Å²) in [5, 5.41) is 5.26. The molecule has 0 spiro atoms. The molecule has 0 aromatic heterocycles. The number of carbonyl (C=O) groups excluding carboxylic acids is 4. The molecule has 0 bridgehead atoms. The third-order valence-electron chi connectivity index (χ3n) is 3.75. The molecule has 4 N–H and O–H groups in total. The Balaban J connectivity index is 2.02. The van der Waals surface area contributed by atoms with Gasteiger partial charge in [-0.2, -0.15) is 0 Å². The van der Waals surface area contributed by atoms with Gasteiger partial charge in [0.15, 0.2) is 6.10 Å². The maximum Gasteiger partial charge on any atom is 0.324 e. The van der Waals surface area contributed by atoms with Crippen molar-refractivity contribution in [3.63, 3.8) is 0 Å². The maximum absolute atomic E-state index is 12.2. The number of urea groups is 2. The summed E-state index contributed by atoms with van der Waals surface area (Å²) < 4.78 is 5.10. The molecular weight excluding hydrogens is 364 g/mol. The van der Waals surface area contributed by atoms with Gasteiger partial charge in [-0.25, -0.2) is 9.59 Å². The fraction of sp³-hybridized carbons (Fsp3) is 0.375. The number of hydrogen-bond donors (Lipinski definition) is 3. The van der Waals surface area contributed by atoms with Crippen LogP contribution < -0.4 is 16.4 Å². The fourth-order valence-electron chi connectivity index (χ4n) is 2.53. The molecule has 9 nitrogen and oxygen atoms in total. The van der Waals surface area contributed by atoms with Gasteiger partial charge >= 0.3 is 18.0 Å². The van der Waals surface area contributed by atoms with Gasteiger partial charge in [0, 0.05) is 18.1 Å². The summed E-state index contributed by atoms with van der Waals surface area (Å²) in [5.41, 5.74) is 5.64. The van der Waals surface area contributed by atoms with E-state index in [0.717, 1.165) is 4.90 Å². The molecule has 1 aromatic carbocycles. The Kier molecular flexibility index (Phi) is 6.40. The van der Waals surface area contributed by atoms with E-state index < -0.39 is 36.1 Å². The highest BCUT2D eigenvalue weighted by Crippen LogP contribution is 2.25. The number of nitrogens with one attached hydrogen (secondary N) is 2. The van der Waals surface area contributed by atoms with Gasteiger partial charge in [0.1, 0.15) is 0 Å². The Labute approximate surface area is 154 Å². The third kappa shape index (κ3) is 4.85. The molecule has 1 aliphatic rings. The highest BCUT2D eigenvalue weighted by atomic mass is 35.5. The lowest BCUT2D eigenvalue weighted by atomic mass is 10.0. The zero-order valence-corrected chi connectivity index (χ0v) is 14.8. The first kappa shape index (κ1) is 19.5. The number of halogens is 1. The van der Waals surface area contributed by atoms with Crippen molar-refractivity contribution >= 4 is 35.5 Å². The second-order valence-electron chi connectivity index (χ2n) is 5.64. The minimum atomic E-state index is -1.15. The smallest absolute Gasteiger partial charge is 0.324 e. The number of carbonyl (C=O) groups is 4. The maximum atomic E-state index is 12.2. The Morgan fingerprint density at radius 1 is 1.38 bits per heavy atom. The van der Waals surface area contributed by atoms with Gasteiger partial charge < -0.3 is 21.1 Å². The molecule has 0 aliphatic carbocycles. The number of esters is 1. The topological polar surface area (TPSA) is 131 Å². The van der Waals surface area contributed by atoms with E-state index >= 15 is 0 Å². The highest BCUT2D eigenvalue weighted by Gasteiger charge is 2.32. The molecule has 0 unspecified atom stereocenters. The fourth-order valence-corrected chi connectivity index (χ4v) is 2.80. The SMILES string of the molecule is C[C@H](OC(=O)C[C@@H](NC(N)=O)c1ccccc1Cl)C(=O)N1CCNC1=O. The van der Waals surface area contributed by atoms with E-state index in [4.69, 9.17) is 22.1 Å². The van der Waals surface area contributed by atoms with Crippen LogP contribution in [0.15, 0.2) is 24.3 Å². The standard InChI is InChI=1S/C16H19ClN4O5/c1-9(14(23)21-7-6-19-16(21)25)26-13(22)8-12(20-15(18)24)10-4-2-3-5-11(10)17/h2-5,9,12H,6-8H2,1H3,(H,19,25)(H3,18,20,24)/t9-,12+/m0/s1. The van der Waals surface area contributed by atoms with Crippen molar-refractivity contribution in [2.24, 2.45) is 5.73 Å². The van der Waals surface area contributed by atoms with Crippen LogP contribution in [0.5, 0.6) is 0 Å². The van der Waals surface area contributed by atoms with E-state index in [2.05, 4.69) is 10.6 Å². The van der Waals surface area contributed by atoms with Crippen molar-refractivity contribution in [2.45, 2.75) is 25.5 Å². The number of nitrogens with zero attached hydrogens (tertiary/aromatic N) is 1.